The summed E-state index contributed by atoms with van der Waals surface area (Å²) in [6, 6.07) is 0. The normalized spacial score (nSPS) is 25.2. The molecule has 0 aliphatic carbocycles. The number of aromatic nitrogens is 3. The second-order valence-electron chi connectivity index (χ2n) is 4.81. The van der Waals surface area contributed by atoms with Gasteiger partial charge in [0.2, 0.25) is 17.2 Å². The van der Waals surface area contributed by atoms with E-state index >= 15 is 0 Å². The SMILES string of the molecule is CCNc1nc(Cl)nc(NC2(C)CCS(=O)(=O)C2)n1. The zero-order valence-electron chi connectivity index (χ0n) is 10.8. The molecule has 1 aliphatic rings. The van der Waals surface area contributed by atoms with E-state index in [2.05, 4.69) is 25.6 Å². The Morgan fingerprint density at radius 3 is 2.58 bits per heavy atom. The summed E-state index contributed by atoms with van der Waals surface area (Å²) in [6.07, 6.45) is 0.523. The minimum atomic E-state index is -2.99. The summed E-state index contributed by atoms with van der Waals surface area (Å²) >= 11 is 5.81. The van der Waals surface area contributed by atoms with Gasteiger partial charge in [0.1, 0.15) is 0 Å². The zero-order chi connectivity index (χ0) is 14.1. The predicted molar refractivity (Wildman–Crippen MR) is 74.3 cm³/mol. The number of anilines is 2. The zero-order valence-corrected chi connectivity index (χ0v) is 12.3. The molecule has 1 aromatic rings. The van der Waals surface area contributed by atoms with Gasteiger partial charge in [-0.3, -0.25) is 0 Å². The van der Waals surface area contributed by atoms with Crippen molar-refractivity contribution >= 4 is 33.3 Å². The molecule has 1 aromatic heterocycles. The molecule has 1 atom stereocenters. The van der Waals surface area contributed by atoms with E-state index in [0.29, 0.717) is 18.9 Å². The third kappa shape index (κ3) is 3.66. The Kier molecular flexibility index (Phi) is 3.82. The van der Waals surface area contributed by atoms with Crippen LogP contribution in [0.25, 0.3) is 0 Å². The highest BCUT2D eigenvalue weighted by atomic mass is 35.5. The molecule has 0 saturated carbocycles. The molecule has 9 heteroatoms. The van der Waals surface area contributed by atoms with Crippen LogP contribution < -0.4 is 10.6 Å². The lowest BCUT2D eigenvalue weighted by Crippen LogP contribution is -2.36. The Balaban J connectivity index is 2.19. The van der Waals surface area contributed by atoms with Crippen molar-refractivity contribution in [3.8, 4) is 0 Å². The topological polar surface area (TPSA) is 96.9 Å². The van der Waals surface area contributed by atoms with Gasteiger partial charge in [-0.2, -0.15) is 15.0 Å². The number of nitrogens with one attached hydrogen (secondary N) is 2. The number of rotatable bonds is 4. The lowest BCUT2D eigenvalue weighted by Gasteiger charge is -2.23. The maximum Gasteiger partial charge on any atom is 0.229 e. The van der Waals surface area contributed by atoms with Crippen LogP contribution in [-0.4, -0.2) is 47.0 Å². The number of sulfone groups is 1. The van der Waals surface area contributed by atoms with Crippen molar-refractivity contribution in [2.75, 3.05) is 28.7 Å². The third-order valence-corrected chi connectivity index (χ3v) is 4.93. The fourth-order valence-electron chi connectivity index (χ4n) is 2.02. The molecule has 1 fully saturated rings. The number of nitrogens with zero attached hydrogens (tertiary/aromatic N) is 3. The molecule has 19 heavy (non-hydrogen) atoms. The minimum Gasteiger partial charge on any atom is -0.354 e. The van der Waals surface area contributed by atoms with Gasteiger partial charge >= 0.3 is 0 Å². The lowest BCUT2D eigenvalue weighted by molar-refractivity contribution is 0.569. The van der Waals surface area contributed by atoms with Crippen LogP contribution in [-0.2, 0) is 9.84 Å². The van der Waals surface area contributed by atoms with E-state index in [1.807, 2.05) is 13.8 Å². The Morgan fingerprint density at radius 1 is 1.32 bits per heavy atom. The summed E-state index contributed by atoms with van der Waals surface area (Å²) in [6.45, 7) is 4.41. The standard InChI is InChI=1S/C10H16ClN5O2S/c1-3-12-8-13-7(11)14-9(15-8)16-10(2)4-5-19(17,18)6-10/h3-6H2,1-2H3,(H2,12,13,14,15,16). The van der Waals surface area contributed by atoms with Gasteiger partial charge in [0.25, 0.3) is 0 Å². The first-order chi connectivity index (χ1) is 8.82. The second kappa shape index (κ2) is 5.09. The van der Waals surface area contributed by atoms with Gasteiger partial charge in [0, 0.05) is 6.54 Å². The number of hydrogen-bond acceptors (Lipinski definition) is 7. The number of halogens is 1. The molecule has 2 N–H and O–H groups in total. The monoisotopic (exact) mass is 305 g/mol. The summed E-state index contributed by atoms with van der Waals surface area (Å²) in [7, 11) is -2.99. The van der Waals surface area contributed by atoms with Crippen LogP contribution in [0.2, 0.25) is 5.28 Å². The largest absolute Gasteiger partial charge is 0.354 e. The van der Waals surface area contributed by atoms with Crippen LogP contribution in [0.5, 0.6) is 0 Å². The van der Waals surface area contributed by atoms with E-state index < -0.39 is 15.4 Å². The molecule has 106 valence electrons. The Hall–Kier alpha value is -1.15. The van der Waals surface area contributed by atoms with E-state index in [-0.39, 0.29) is 22.7 Å². The first kappa shape index (κ1) is 14.3. The van der Waals surface area contributed by atoms with Gasteiger partial charge in [0.15, 0.2) is 9.84 Å². The maximum absolute atomic E-state index is 11.5. The molecule has 0 aromatic carbocycles. The quantitative estimate of drug-likeness (QED) is 0.854. The van der Waals surface area contributed by atoms with Crippen molar-refractivity contribution < 1.29 is 8.42 Å². The van der Waals surface area contributed by atoms with Crippen molar-refractivity contribution in [3.05, 3.63) is 5.28 Å². The summed E-state index contributed by atoms with van der Waals surface area (Å²) in [5, 5.41) is 6.05. The van der Waals surface area contributed by atoms with E-state index in [4.69, 9.17) is 11.6 Å². The van der Waals surface area contributed by atoms with Crippen LogP contribution in [0.4, 0.5) is 11.9 Å². The second-order valence-corrected chi connectivity index (χ2v) is 7.33. The van der Waals surface area contributed by atoms with Crippen LogP contribution in [0.15, 0.2) is 0 Å². The van der Waals surface area contributed by atoms with Gasteiger partial charge in [0.05, 0.1) is 17.0 Å². The van der Waals surface area contributed by atoms with Crippen LogP contribution in [0, 0.1) is 0 Å². The van der Waals surface area contributed by atoms with Crippen molar-refractivity contribution in [1.82, 2.24) is 15.0 Å². The molecule has 1 unspecified atom stereocenters. The number of hydrogen-bond donors (Lipinski definition) is 2. The van der Waals surface area contributed by atoms with E-state index in [1.165, 1.54) is 0 Å². The molecule has 1 saturated heterocycles. The van der Waals surface area contributed by atoms with Crippen molar-refractivity contribution in [3.63, 3.8) is 0 Å². The summed E-state index contributed by atoms with van der Waals surface area (Å²) < 4.78 is 23.1. The molecule has 2 heterocycles. The van der Waals surface area contributed by atoms with Gasteiger partial charge in [-0.1, -0.05) is 0 Å². The molecular formula is C10H16ClN5O2S. The molecule has 0 amide bonds. The Labute approximate surface area is 117 Å². The van der Waals surface area contributed by atoms with E-state index in [1.54, 1.807) is 0 Å². The maximum atomic E-state index is 11.5. The Bertz CT molecular complexity index is 579. The molecule has 2 rings (SSSR count). The van der Waals surface area contributed by atoms with Gasteiger partial charge < -0.3 is 10.6 Å². The lowest BCUT2D eigenvalue weighted by atomic mass is 10.0. The minimum absolute atomic E-state index is 0.0675. The highest BCUT2D eigenvalue weighted by molar-refractivity contribution is 7.91. The summed E-state index contributed by atoms with van der Waals surface area (Å²) in [5.41, 5.74) is -0.562. The van der Waals surface area contributed by atoms with E-state index in [9.17, 15) is 8.42 Å². The highest BCUT2D eigenvalue weighted by Crippen LogP contribution is 2.26. The van der Waals surface area contributed by atoms with Gasteiger partial charge in [-0.05, 0) is 31.9 Å². The fourth-order valence-corrected chi connectivity index (χ4v) is 4.28. The highest BCUT2D eigenvalue weighted by Gasteiger charge is 2.39. The third-order valence-electron chi connectivity index (χ3n) is 2.86. The fraction of sp³-hybridized carbons (Fsp3) is 0.700. The molecule has 7 nitrogen and oxygen atoms in total. The first-order valence-corrected chi connectivity index (χ1v) is 8.16. The smallest absolute Gasteiger partial charge is 0.229 e. The molecule has 0 bridgehead atoms. The van der Waals surface area contributed by atoms with Crippen molar-refractivity contribution in [2.24, 2.45) is 0 Å². The van der Waals surface area contributed by atoms with Gasteiger partial charge in [-0.15, -0.1) is 0 Å². The Morgan fingerprint density at radius 2 is 2.00 bits per heavy atom. The van der Waals surface area contributed by atoms with Crippen LogP contribution >= 0.6 is 11.6 Å². The van der Waals surface area contributed by atoms with Crippen molar-refractivity contribution in [2.45, 2.75) is 25.8 Å². The first-order valence-electron chi connectivity index (χ1n) is 5.96. The van der Waals surface area contributed by atoms with E-state index in [0.717, 1.165) is 0 Å². The summed E-state index contributed by atoms with van der Waals surface area (Å²) in [4.78, 5) is 12.0. The predicted octanol–water partition coefficient (Wildman–Crippen LogP) is 0.946. The van der Waals surface area contributed by atoms with Crippen molar-refractivity contribution in [1.29, 1.82) is 0 Å². The van der Waals surface area contributed by atoms with Crippen LogP contribution in [0.3, 0.4) is 0 Å². The molecular weight excluding hydrogens is 290 g/mol. The average Bonchev–Trinajstić information content (AvgIpc) is 2.52. The molecule has 0 radical (unpaired) electrons. The molecule has 1 aliphatic heterocycles. The molecule has 0 spiro atoms. The average molecular weight is 306 g/mol. The van der Waals surface area contributed by atoms with Gasteiger partial charge in [-0.25, -0.2) is 8.42 Å². The summed E-state index contributed by atoms with van der Waals surface area (Å²) in [5.74, 6) is 0.903. The van der Waals surface area contributed by atoms with Crippen LogP contribution in [0.1, 0.15) is 20.3 Å².